The molecule has 1 fully saturated rings. The van der Waals surface area contributed by atoms with Crippen molar-refractivity contribution in [3.63, 3.8) is 0 Å². The molecule has 0 amide bonds. The molecule has 1 aliphatic heterocycles. The van der Waals surface area contributed by atoms with E-state index >= 15 is 0 Å². The first kappa shape index (κ1) is 11.4. The number of piperazine rings is 1. The van der Waals surface area contributed by atoms with Crippen LogP contribution in [0.15, 0.2) is 0 Å². The highest BCUT2D eigenvalue weighted by molar-refractivity contribution is 5.72. The summed E-state index contributed by atoms with van der Waals surface area (Å²) >= 11 is 0. The van der Waals surface area contributed by atoms with Crippen LogP contribution in [0.3, 0.4) is 0 Å². The number of carboxylic acid groups (broad SMARTS) is 1. The molecule has 14 heavy (non-hydrogen) atoms. The van der Waals surface area contributed by atoms with Crippen LogP contribution < -0.4 is 0 Å². The molecule has 0 aromatic rings. The van der Waals surface area contributed by atoms with Crippen LogP contribution in [-0.2, 0) is 9.53 Å². The normalized spacial score (nSPS) is 27.5. The summed E-state index contributed by atoms with van der Waals surface area (Å²) in [7, 11) is 3.63. The van der Waals surface area contributed by atoms with E-state index in [1.165, 1.54) is 0 Å². The lowest BCUT2D eigenvalue weighted by atomic mass is 10.2. The van der Waals surface area contributed by atoms with Crippen LogP contribution in [0, 0.1) is 0 Å². The number of hydrogen-bond donors (Lipinski definition) is 1. The zero-order chi connectivity index (χ0) is 10.7. The van der Waals surface area contributed by atoms with E-state index in [2.05, 4.69) is 4.90 Å². The molecule has 0 spiro atoms. The Labute approximate surface area is 84.2 Å². The molecule has 1 saturated heterocycles. The van der Waals surface area contributed by atoms with Crippen LogP contribution in [0.4, 0.5) is 0 Å². The van der Waals surface area contributed by atoms with Crippen molar-refractivity contribution in [3.8, 4) is 0 Å². The Morgan fingerprint density at radius 2 is 2.21 bits per heavy atom. The number of nitrogens with zero attached hydrogens (tertiary/aromatic N) is 2. The van der Waals surface area contributed by atoms with E-state index in [4.69, 9.17) is 9.84 Å². The van der Waals surface area contributed by atoms with Gasteiger partial charge in [-0.15, -0.1) is 0 Å². The minimum Gasteiger partial charge on any atom is -0.480 e. The van der Waals surface area contributed by atoms with Gasteiger partial charge in [0.1, 0.15) is 12.3 Å². The maximum Gasteiger partial charge on any atom is 0.320 e. The quantitative estimate of drug-likeness (QED) is 0.679. The predicted molar refractivity (Wildman–Crippen MR) is 52.1 cm³/mol. The summed E-state index contributed by atoms with van der Waals surface area (Å²) in [5, 5.41) is 8.86. The van der Waals surface area contributed by atoms with Gasteiger partial charge in [0.15, 0.2) is 0 Å². The Balaban J connectivity index is 2.54. The third-order valence-electron chi connectivity index (χ3n) is 2.80. The van der Waals surface area contributed by atoms with Crippen molar-refractivity contribution < 1.29 is 14.6 Å². The summed E-state index contributed by atoms with van der Waals surface area (Å²) in [6, 6.07) is -0.429. The van der Waals surface area contributed by atoms with Crippen LogP contribution in [-0.4, -0.2) is 66.9 Å². The Bertz CT molecular complexity index is 210. The Morgan fingerprint density at radius 1 is 1.57 bits per heavy atom. The fourth-order valence-corrected chi connectivity index (χ4v) is 1.62. The van der Waals surface area contributed by atoms with Crippen LogP contribution in [0.1, 0.15) is 6.92 Å². The maximum absolute atomic E-state index is 10.8. The number of rotatable bonds is 3. The monoisotopic (exact) mass is 202 g/mol. The summed E-state index contributed by atoms with van der Waals surface area (Å²) in [6.07, 6.45) is 0.00514. The largest absolute Gasteiger partial charge is 0.480 e. The molecule has 2 atom stereocenters. The molecule has 0 bridgehead atoms. The SMILES string of the molecule is COC1CN(C(C)C(=O)O)CCN1C. The first-order valence-electron chi connectivity index (χ1n) is 4.76. The molecule has 1 N–H and O–H groups in total. The van der Waals surface area contributed by atoms with Crippen LogP contribution in [0.2, 0.25) is 0 Å². The number of aliphatic carboxylic acids is 1. The molecule has 0 aliphatic carbocycles. The molecule has 0 aromatic heterocycles. The first-order valence-corrected chi connectivity index (χ1v) is 4.76. The van der Waals surface area contributed by atoms with E-state index in [1.807, 2.05) is 11.9 Å². The Hall–Kier alpha value is -0.650. The second kappa shape index (κ2) is 4.72. The van der Waals surface area contributed by atoms with Crippen molar-refractivity contribution >= 4 is 5.97 Å². The van der Waals surface area contributed by atoms with Crippen molar-refractivity contribution in [2.75, 3.05) is 33.8 Å². The number of ether oxygens (including phenoxy) is 1. The number of carboxylic acids is 1. The second-order valence-corrected chi connectivity index (χ2v) is 3.68. The molecule has 82 valence electrons. The fourth-order valence-electron chi connectivity index (χ4n) is 1.62. The molecule has 1 rings (SSSR count). The standard InChI is InChI=1S/C9H18N2O3/c1-7(9(12)13)11-5-4-10(2)8(6-11)14-3/h7-8H,4-6H2,1-3H3,(H,12,13). The van der Waals surface area contributed by atoms with Gasteiger partial charge in [-0.3, -0.25) is 14.6 Å². The first-order chi connectivity index (χ1) is 6.56. The fraction of sp³-hybridized carbons (Fsp3) is 0.889. The molecule has 1 heterocycles. The summed E-state index contributed by atoms with van der Waals surface area (Å²) in [6.45, 7) is 3.99. The van der Waals surface area contributed by atoms with Gasteiger partial charge in [0.05, 0.1) is 0 Å². The lowest BCUT2D eigenvalue weighted by Gasteiger charge is -2.39. The minimum absolute atomic E-state index is 0.00514. The Morgan fingerprint density at radius 3 is 2.71 bits per heavy atom. The van der Waals surface area contributed by atoms with E-state index in [1.54, 1.807) is 14.0 Å². The zero-order valence-corrected chi connectivity index (χ0v) is 8.93. The molecular formula is C9H18N2O3. The summed E-state index contributed by atoms with van der Waals surface area (Å²) in [5.41, 5.74) is 0. The summed E-state index contributed by atoms with van der Waals surface area (Å²) < 4.78 is 5.25. The van der Waals surface area contributed by atoms with Gasteiger partial charge in [0.25, 0.3) is 0 Å². The number of methoxy groups -OCH3 is 1. The smallest absolute Gasteiger partial charge is 0.320 e. The van der Waals surface area contributed by atoms with Gasteiger partial charge in [0.2, 0.25) is 0 Å². The molecule has 0 aromatic carbocycles. The zero-order valence-electron chi connectivity index (χ0n) is 8.93. The summed E-state index contributed by atoms with van der Waals surface area (Å²) in [4.78, 5) is 14.8. The Kier molecular flexibility index (Phi) is 3.86. The van der Waals surface area contributed by atoms with Crippen molar-refractivity contribution in [1.82, 2.24) is 9.80 Å². The molecule has 2 unspecified atom stereocenters. The number of carbonyl (C=O) groups is 1. The lowest BCUT2D eigenvalue weighted by Crippen LogP contribution is -2.56. The van der Waals surface area contributed by atoms with Gasteiger partial charge in [-0.05, 0) is 14.0 Å². The number of likely N-dealkylation sites (N-methyl/N-ethyl adjacent to an activating group) is 1. The van der Waals surface area contributed by atoms with Crippen LogP contribution in [0.25, 0.3) is 0 Å². The molecule has 1 aliphatic rings. The van der Waals surface area contributed by atoms with Gasteiger partial charge >= 0.3 is 5.97 Å². The highest BCUT2D eigenvalue weighted by Crippen LogP contribution is 2.11. The van der Waals surface area contributed by atoms with Crippen molar-refractivity contribution in [3.05, 3.63) is 0 Å². The molecule has 0 radical (unpaired) electrons. The van der Waals surface area contributed by atoms with E-state index in [9.17, 15) is 4.79 Å². The average Bonchev–Trinajstić information content (AvgIpc) is 2.17. The molecule has 5 heteroatoms. The third kappa shape index (κ3) is 2.43. The second-order valence-electron chi connectivity index (χ2n) is 3.68. The van der Waals surface area contributed by atoms with Crippen molar-refractivity contribution in [1.29, 1.82) is 0 Å². The van der Waals surface area contributed by atoms with Gasteiger partial charge in [-0.2, -0.15) is 0 Å². The maximum atomic E-state index is 10.8. The van der Waals surface area contributed by atoms with E-state index in [0.29, 0.717) is 6.54 Å². The van der Waals surface area contributed by atoms with E-state index < -0.39 is 12.0 Å². The van der Waals surface area contributed by atoms with Crippen LogP contribution >= 0.6 is 0 Å². The van der Waals surface area contributed by atoms with Gasteiger partial charge in [-0.25, -0.2) is 0 Å². The molecule has 0 saturated carbocycles. The van der Waals surface area contributed by atoms with Gasteiger partial charge in [0, 0.05) is 26.7 Å². The van der Waals surface area contributed by atoms with Crippen LogP contribution in [0.5, 0.6) is 0 Å². The topological polar surface area (TPSA) is 53.0 Å². The minimum atomic E-state index is -0.774. The number of hydrogen-bond acceptors (Lipinski definition) is 4. The molecular weight excluding hydrogens is 184 g/mol. The summed E-state index contributed by atoms with van der Waals surface area (Å²) in [5.74, 6) is -0.774. The molecule has 5 nitrogen and oxygen atoms in total. The lowest BCUT2D eigenvalue weighted by molar-refractivity contribution is -0.146. The van der Waals surface area contributed by atoms with Crippen molar-refractivity contribution in [2.45, 2.75) is 19.2 Å². The highest BCUT2D eigenvalue weighted by Gasteiger charge is 2.29. The van der Waals surface area contributed by atoms with Gasteiger partial charge < -0.3 is 9.84 Å². The average molecular weight is 202 g/mol. The third-order valence-corrected chi connectivity index (χ3v) is 2.80. The predicted octanol–water partition coefficient (Wildman–Crippen LogP) is -0.321. The highest BCUT2D eigenvalue weighted by atomic mass is 16.5. The van der Waals surface area contributed by atoms with E-state index in [0.717, 1.165) is 13.1 Å². The van der Waals surface area contributed by atoms with Gasteiger partial charge in [-0.1, -0.05) is 0 Å². The van der Waals surface area contributed by atoms with Crippen molar-refractivity contribution in [2.24, 2.45) is 0 Å². The van der Waals surface area contributed by atoms with E-state index in [-0.39, 0.29) is 6.23 Å².